The fourth-order valence-corrected chi connectivity index (χ4v) is 2.66. The number of rotatable bonds is 3. The Bertz CT molecular complexity index is 684. The van der Waals surface area contributed by atoms with Crippen molar-refractivity contribution >= 4 is 17.6 Å². The standard InChI is InChI=1S/C19H20O2/c1-12-5-13(2)8-16(7-12)11-18(19(20)21)17-9-14(3)6-15(4)10-17/h5-11H,1-4H3,(H,20,21)/b18-11+. The van der Waals surface area contributed by atoms with Crippen molar-refractivity contribution in [3.8, 4) is 0 Å². The van der Waals surface area contributed by atoms with Crippen molar-refractivity contribution < 1.29 is 9.90 Å². The van der Waals surface area contributed by atoms with E-state index in [4.69, 9.17) is 0 Å². The summed E-state index contributed by atoms with van der Waals surface area (Å²) in [5.41, 5.74) is 6.39. The van der Waals surface area contributed by atoms with E-state index in [1.807, 2.05) is 58.0 Å². The molecule has 2 nitrogen and oxygen atoms in total. The van der Waals surface area contributed by atoms with Gasteiger partial charge in [0.05, 0.1) is 5.57 Å². The number of carboxylic acid groups (broad SMARTS) is 1. The van der Waals surface area contributed by atoms with Crippen molar-refractivity contribution in [2.75, 3.05) is 0 Å². The zero-order valence-electron chi connectivity index (χ0n) is 12.9. The Balaban J connectivity index is 2.57. The van der Waals surface area contributed by atoms with Crippen LogP contribution < -0.4 is 0 Å². The summed E-state index contributed by atoms with van der Waals surface area (Å²) in [5, 5.41) is 9.54. The molecule has 1 N–H and O–H groups in total. The fraction of sp³-hybridized carbons (Fsp3) is 0.211. The molecule has 0 unspecified atom stereocenters. The molecule has 2 rings (SSSR count). The Hall–Kier alpha value is -2.35. The van der Waals surface area contributed by atoms with E-state index >= 15 is 0 Å². The SMILES string of the molecule is Cc1cc(C)cc(/C=C(/C(=O)O)c2cc(C)cc(C)c2)c1. The molecule has 0 amide bonds. The second-order valence-electron chi connectivity index (χ2n) is 5.66. The van der Waals surface area contributed by atoms with Crippen LogP contribution in [0.2, 0.25) is 0 Å². The first-order valence-corrected chi connectivity index (χ1v) is 6.97. The van der Waals surface area contributed by atoms with Crippen LogP contribution in [0.5, 0.6) is 0 Å². The first kappa shape index (κ1) is 15.0. The maximum Gasteiger partial charge on any atom is 0.336 e. The summed E-state index contributed by atoms with van der Waals surface area (Å²) < 4.78 is 0. The lowest BCUT2D eigenvalue weighted by Gasteiger charge is -2.07. The second-order valence-corrected chi connectivity index (χ2v) is 5.66. The molecule has 108 valence electrons. The third-order valence-corrected chi connectivity index (χ3v) is 3.32. The van der Waals surface area contributed by atoms with Gasteiger partial charge in [0.15, 0.2) is 0 Å². The van der Waals surface area contributed by atoms with Crippen molar-refractivity contribution in [3.05, 3.63) is 69.8 Å². The van der Waals surface area contributed by atoms with Gasteiger partial charge in [-0.1, -0.05) is 58.7 Å². The number of hydrogen-bond acceptors (Lipinski definition) is 1. The van der Waals surface area contributed by atoms with Crippen LogP contribution in [-0.2, 0) is 4.79 Å². The van der Waals surface area contributed by atoms with Gasteiger partial charge in [-0.05, 0) is 44.9 Å². The van der Waals surface area contributed by atoms with Gasteiger partial charge in [0.25, 0.3) is 0 Å². The molecule has 0 saturated heterocycles. The van der Waals surface area contributed by atoms with Gasteiger partial charge in [0.1, 0.15) is 0 Å². The van der Waals surface area contributed by atoms with Gasteiger partial charge >= 0.3 is 5.97 Å². The molecule has 0 atom stereocenters. The molecule has 2 aromatic rings. The van der Waals surface area contributed by atoms with Crippen LogP contribution in [0, 0.1) is 27.7 Å². The molecule has 2 heteroatoms. The molecule has 0 aliphatic rings. The van der Waals surface area contributed by atoms with Gasteiger partial charge in [-0.3, -0.25) is 0 Å². The Morgan fingerprint density at radius 1 is 0.810 bits per heavy atom. The minimum atomic E-state index is -0.904. The zero-order chi connectivity index (χ0) is 15.6. The van der Waals surface area contributed by atoms with Crippen molar-refractivity contribution in [1.29, 1.82) is 0 Å². The molecule has 0 aliphatic carbocycles. The van der Waals surface area contributed by atoms with E-state index in [-0.39, 0.29) is 0 Å². The minimum absolute atomic E-state index is 0.326. The van der Waals surface area contributed by atoms with Gasteiger partial charge in [-0.15, -0.1) is 0 Å². The summed E-state index contributed by atoms with van der Waals surface area (Å²) in [4.78, 5) is 11.6. The fourth-order valence-electron chi connectivity index (χ4n) is 2.66. The third kappa shape index (κ3) is 3.82. The molecule has 0 fully saturated rings. The molecule has 2 aromatic carbocycles. The van der Waals surface area contributed by atoms with Gasteiger partial charge < -0.3 is 5.11 Å². The van der Waals surface area contributed by atoms with Crippen LogP contribution in [0.15, 0.2) is 36.4 Å². The van der Waals surface area contributed by atoms with Crippen LogP contribution in [0.1, 0.15) is 33.4 Å². The summed E-state index contributed by atoms with van der Waals surface area (Å²) in [6, 6.07) is 11.9. The van der Waals surface area contributed by atoms with E-state index < -0.39 is 5.97 Å². The smallest absolute Gasteiger partial charge is 0.336 e. The number of aryl methyl sites for hydroxylation is 4. The van der Waals surface area contributed by atoms with Crippen molar-refractivity contribution in [1.82, 2.24) is 0 Å². The second kappa shape index (κ2) is 5.96. The van der Waals surface area contributed by atoms with E-state index in [9.17, 15) is 9.90 Å². The van der Waals surface area contributed by atoms with Crippen LogP contribution >= 0.6 is 0 Å². The van der Waals surface area contributed by atoms with Crippen molar-refractivity contribution in [3.63, 3.8) is 0 Å². The Labute approximate surface area is 125 Å². The van der Waals surface area contributed by atoms with E-state index in [0.717, 1.165) is 33.4 Å². The predicted octanol–water partition coefficient (Wildman–Crippen LogP) is 4.55. The monoisotopic (exact) mass is 280 g/mol. The number of carbonyl (C=O) groups is 1. The summed E-state index contributed by atoms with van der Waals surface area (Å²) in [7, 11) is 0. The van der Waals surface area contributed by atoms with Gasteiger partial charge in [-0.25, -0.2) is 4.79 Å². The number of aliphatic carboxylic acids is 1. The van der Waals surface area contributed by atoms with Gasteiger partial charge in [-0.2, -0.15) is 0 Å². The number of benzene rings is 2. The van der Waals surface area contributed by atoms with Crippen LogP contribution in [0.25, 0.3) is 11.6 Å². The van der Waals surface area contributed by atoms with E-state index in [1.54, 1.807) is 6.08 Å². The highest BCUT2D eigenvalue weighted by molar-refractivity contribution is 6.20. The highest BCUT2D eigenvalue weighted by Gasteiger charge is 2.11. The minimum Gasteiger partial charge on any atom is -0.478 e. The van der Waals surface area contributed by atoms with Crippen molar-refractivity contribution in [2.24, 2.45) is 0 Å². The average molecular weight is 280 g/mol. The average Bonchev–Trinajstić information content (AvgIpc) is 2.33. The first-order valence-electron chi connectivity index (χ1n) is 6.97. The highest BCUT2D eigenvalue weighted by atomic mass is 16.4. The molecular weight excluding hydrogens is 260 g/mol. The Morgan fingerprint density at radius 3 is 1.67 bits per heavy atom. The van der Waals surface area contributed by atoms with E-state index in [0.29, 0.717) is 5.57 Å². The summed E-state index contributed by atoms with van der Waals surface area (Å²) in [6.07, 6.45) is 1.75. The van der Waals surface area contributed by atoms with Crippen LogP contribution in [-0.4, -0.2) is 11.1 Å². The summed E-state index contributed by atoms with van der Waals surface area (Å²) in [6.45, 7) is 7.99. The summed E-state index contributed by atoms with van der Waals surface area (Å²) in [5.74, 6) is -0.904. The quantitative estimate of drug-likeness (QED) is 0.661. The van der Waals surface area contributed by atoms with Gasteiger partial charge in [0, 0.05) is 0 Å². The van der Waals surface area contributed by atoms with Gasteiger partial charge in [0.2, 0.25) is 0 Å². The summed E-state index contributed by atoms with van der Waals surface area (Å²) >= 11 is 0. The lowest BCUT2D eigenvalue weighted by molar-refractivity contribution is -0.130. The largest absolute Gasteiger partial charge is 0.478 e. The Morgan fingerprint density at radius 2 is 1.24 bits per heavy atom. The molecular formula is C19H20O2. The predicted molar refractivity (Wildman–Crippen MR) is 87.3 cm³/mol. The highest BCUT2D eigenvalue weighted by Crippen LogP contribution is 2.22. The topological polar surface area (TPSA) is 37.3 Å². The normalized spacial score (nSPS) is 11.5. The molecule has 21 heavy (non-hydrogen) atoms. The first-order chi connectivity index (χ1) is 9.85. The van der Waals surface area contributed by atoms with E-state index in [1.165, 1.54) is 0 Å². The maximum absolute atomic E-state index is 11.6. The van der Waals surface area contributed by atoms with E-state index in [2.05, 4.69) is 6.07 Å². The molecule has 0 saturated carbocycles. The van der Waals surface area contributed by atoms with Crippen LogP contribution in [0.3, 0.4) is 0 Å². The van der Waals surface area contributed by atoms with Crippen LogP contribution in [0.4, 0.5) is 0 Å². The number of hydrogen-bond donors (Lipinski definition) is 1. The lowest BCUT2D eigenvalue weighted by atomic mass is 9.98. The van der Waals surface area contributed by atoms with Crippen molar-refractivity contribution in [2.45, 2.75) is 27.7 Å². The molecule has 0 heterocycles. The molecule has 0 aromatic heterocycles. The molecule has 0 aliphatic heterocycles. The Kier molecular flexibility index (Phi) is 4.27. The molecule has 0 bridgehead atoms. The zero-order valence-corrected chi connectivity index (χ0v) is 12.9. The lowest BCUT2D eigenvalue weighted by Crippen LogP contribution is -2.00. The third-order valence-electron chi connectivity index (χ3n) is 3.32. The molecule has 0 radical (unpaired) electrons. The molecule has 0 spiro atoms. The number of carboxylic acids is 1. The maximum atomic E-state index is 11.6.